The molecule has 1 aromatic rings. The van der Waals surface area contributed by atoms with E-state index in [-0.39, 0.29) is 6.20 Å². The molecule has 0 spiro atoms. The third kappa shape index (κ3) is 2.41. The molecule has 0 saturated carbocycles. The molecule has 0 amide bonds. The van der Waals surface area contributed by atoms with Crippen molar-refractivity contribution < 1.29 is 31.7 Å². The van der Waals surface area contributed by atoms with E-state index in [0.717, 1.165) is 0 Å². The van der Waals surface area contributed by atoms with Gasteiger partial charge in [0.2, 0.25) is 0 Å². The fourth-order valence-corrected chi connectivity index (χ4v) is 1.26. The highest BCUT2D eigenvalue weighted by Gasteiger charge is 2.42. The standard InChI is InChI=1S/C8H3F5N2O3/c9-7(10)6-5(8(11,12)13)3(2-16)4(1-14-6)15(17)18/h1-2,7H. The van der Waals surface area contributed by atoms with Crippen LogP contribution in [0.25, 0.3) is 0 Å². The molecule has 0 saturated heterocycles. The summed E-state index contributed by atoms with van der Waals surface area (Å²) in [5.41, 5.74) is -6.53. The van der Waals surface area contributed by atoms with Crippen molar-refractivity contribution >= 4 is 12.0 Å². The van der Waals surface area contributed by atoms with Crippen molar-refractivity contribution in [2.24, 2.45) is 0 Å². The molecule has 0 atom stereocenters. The van der Waals surface area contributed by atoms with Crippen LogP contribution in [0, 0.1) is 10.1 Å². The summed E-state index contributed by atoms with van der Waals surface area (Å²) in [7, 11) is 0. The molecule has 1 rings (SSSR count). The van der Waals surface area contributed by atoms with Crippen LogP contribution in [0.5, 0.6) is 0 Å². The Labute approximate surface area is 95.4 Å². The summed E-state index contributed by atoms with van der Waals surface area (Å²) in [6, 6.07) is 0. The fraction of sp³-hybridized carbons (Fsp3) is 0.250. The van der Waals surface area contributed by atoms with Crippen LogP contribution in [0.1, 0.15) is 28.0 Å². The number of halogens is 5. The van der Waals surface area contributed by atoms with E-state index in [9.17, 15) is 36.9 Å². The largest absolute Gasteiger partial charge is 0.419 e. The van der Waals surface area contributed by atoms with Gasteiger partial charge in [0.15, 0.2) is 6.29 Å². The van der Waals surface area contributed by atoms with E-state index in [1.807, 2.05) is 0 Å². The van der Waals surface area contributed by atoms with Gasteiger partial charge in [-0.2, -0.15) is 13.2 Å². The third-order valence-corrected chi connectivity index (χ3v) is 1.93. The predicted octanol–water partition coefficient (Wildman–Crippen LogP) is 2.76. The van der Waals surface area contributed by atoms with Gasteiger partial charge in [-0.05, 0) is 0 Å². The second kappa shape index (κ2) is 4.63. The second-order valence-corrected chi connectivity index (χ2v) is 2.99. The number of rotatable bonds is 3. The summed E-state index contributed by atoms with van der Waals surface area (Å²) in [5, 5.41) is 10.4. The lowest BCUT2D eigenvalue weighted by atomic mass is 10.1. The van der Waals surface area contributed by atoms with E-state index >= 15 is 0 Å². The van der Waals surface area contributed by atoms with Gasteiger partial charge < -0.3 is 0 Å². The van der Waals surface area contributed by atoms with Gasteiger partial charge in [0.05, 0.1) is 4.92 Å². The number of nitro groups is 1. The highest BCUT2D eigenvalue weighted by molar-refractivity contribution is 5.84. The minimum atomic E-state index is -5.35. The molecule has 18 heavy (non-hydrogen) atoms. The average Bonchev–Trinajstić information content (AvgIpc) is 2.25. The maximum atomic E-state index is 12.5. The number of alkyl halides is 5. The number of aromatic nitrogens is 1. The molecule has 0 N–H and O–H groups in total. The lowest BCUT2D eigenvalue weighted by Gasteiger charge is -2.13. The van der Waals surface area contributed by atoms with Crippen molar-refractivity contribution in [3.8, 4) is 0 Å². The molecule has 0 radical (unpaired) electrons. The Morgan fingerprint density at radius 1 is 1.39 bits per heavy atom. The van der Waals surface area contributed by atoms with Crippen molar-refractivity contribution in [3.63, 3.8) is 0 Å². The molecule has 0 aliphatic heterocycles. The zero-order valence-corrected chi connectivity index (χ0v) is 8.24. The fourth-order valence-electron chi connectivity index (χ4n) is 1.26. The Hall–Kier alpha value is -2.13. The van der Waals surface area contributed by atoms with E-state index in [4.69, 9.17) is 0 Å². The van der Waals surface area contributed by atoms with Crippen LogP contribution < -0.4 is 0 Å². The molecule has 0 fully saturated rings. The number of aldehydes is 1. The molecule has 10 heteroatoms. The Morgan fingerprint density at radius 3 is 2.28 bits per heavy atom. The Kier molecular flexibility index (Phi) is 3.58. The molecule has 0 aliphatic carbocycles. The van der Waals surface area contributed by atoms with Crippen LogP contribution in [-0.4, -0.2) is 16.2 Å². The van der Waals surface area contributed by atoms with Crippen molar-refractivity contribution in [3.05, 3.63) is 33.1 Å². The van der Waals surface area contributed by atoms with Gasteiger partial charge in [-0.1, -0.05) is 0 Å². The monoisotopic (exact) mass is 270 g/mol. The minimum Gasteiger partial charge on any atom is -0.298 e. The summed E-state index contributed by atoms with van der Waals surface area (Å²) in [4.78, 5) is 22.3. The first-order valence-electron chi connectivity index (χ1n) is 4.18. The first-order valence-corrected chi connectivity index (χ1v) is 4.18. The van der Waals surface area contributed by atoms with E-state index in [1.54, 1.807) is 0 Å². The average molecular weight is 270 g/mol. The van der Waals surface area contributed by atoms with Crippen LogP contribution in [0.15, 0.2) is 6.20 Å². The minimum absolute atomic E-state index is 0.195. The molecular formula is C8H3F5N2O3. The third-order valence-electron chi connectivity index (χ3n) is 1.93. The number of hydrogen-bond acceptors (Lipinski definition) is 4. The molecule has 1 heterocycles. The summed E-state index contributed by atoms with van der Waals surface area (Å²) < 4.78 is 62.4. The summed E-state index contributed by atoms with van der Waals surface area (Å²) >= 11 is 0. The molecule has 5 nitrogen and oxygen atoms in total. The van der Waals surface area contributed by atoms with Crippen LogP contribution in [0.3, 0.4) is 0 Å². The highest BCUT2D eigenvalue weighted by atomic mass is 19.4. The van der Waals surface area contributed by atoms with Gasteiger partial charge >= 0.3 is 6.18 Å². The molecule has 1 aromatic heterocycles. The van der Waals surface area contributed by atoms with Gasteiger partial charge in [0, 0.05) is 0 Å². The number of nitrogens with zero attached hydrogens (tertiary/aromatic N) is 2. The number of carbonyl (C=O) groups is 1. The topological polar surface area (TPSA) is 73.1 Å². The smallest absolute Gasteiger partial charge is 0.298 e. The van der Waals surface area contributed by atoms with Crippen molar-refractivity contribution in [1.29, 1.82) is 0 Å². The maximum Gasteiger partial charge on any atom is 0.419 e. The molecule has 98 valence electrons. The van der Waals surface area contributed by atoms with E-state index in [0.29, 0.717) is 0 Å². The van der Waals surface area contributed by atoms with Crippen LogP contribution in [0.4, 0.5) is 27.6 Å². The normalized spacial score (nSPS) is 11.7. The van der Waals surface area contributed by atoms with Crippen molar-refractivity contribution in [2.45, 2.75) is 12.6 Å². The van der Waals surface area contributed by atoms with Gasteiger partial charge in [0.1, 0.15) is 23.0 Å². The number of carbonyl (C=O) groups excluding carboxylic acids is 1. The Morgan fingerprint density at radius 2 is 1.94 bits per heavy atom. The van der Waals surface area contributed by atoms with Crippen molar-refractivity contribution in [1.82, 2.24) is 4.98 Å². The highest BCUT2D eigenvalue weighted by Crippen LogP contribution is 2.39. The zero-order valence-electron chi connectivity index (χ0n) is 8.24. The van der Waals surface area contributed by atoms with Gasteiger partial charge in [-0.15, -0.1) is 0 Å². The lowest BCUT2D eigenvalue weighted by Crippen LogP contribution is -2.16. The van der Waals surface area contributed by atoms with Crippen molar-refractivity contribution in [2.75, 3.05) is 0 Å². The lowest BCUT2D eigenvalue weighted by molar-refractivity contribution is -0.385. The Bertz CT molecular complexity index is 500. The van der Waals surface area contributed by atoms with Gasteiger partial charge in [-0.3, -0.25) is 14.9 Å². The van der Waals surface area contributed by atoms with Crippen LogP contribution in [-0.2, 0) is 6.18 Å². The molecule has 0 bridgehead atoms. The van der Waals surface area contributed by atoms with E-state index in [2.05, 4.69) is 4.98 Å². The zero-order chi connectivity index (χ0) is 14.1. The Balaban J connectivity index is 3.73. The summed E-state index contributed by atoms with van der Waals surface area (Å²) in [6.07, 6.45) is -9.25. The predicted molar refractivity (Wildman–Crippen MR) is 46.2 cm³/mol. The first-order chi connectivity index (χ1) is 8.20. The van der Waals surface area contributed by atoms with Crippen LogP contribution >= 0.6 is 0 Å². The SMILES string of the molecule is O=Cc1c([N+](=O)[O-])cnc(C(F)F)c1C(F)(F)F. The first kappa shape index (κ1) is 13.9. The van der Waals surface area contributed by atoms with E-state index in [1.165, 1.54) is 0 Å². The van der Waals surface area contributed by atoms with Crippen LogP contribution in [0.2, 0.25) is 0 Å². The maximum absolute atomic E-state index is 12.5. The molecule has 0 unspecified atom stereocenters. The molecular weight excluding hydrogens is 267 g/mol. The number of pyridine rings is 1. The summed E-state index contributed by atoms with van der Waals surface area (Å²) in [5.74, 6) is 0. The molecule has 0 aliphatic rings. The molecule has 0 aromatic carbocycles. The summed E-state index contributed by atoms with van der Waals surface area (Å²) in [6.45, 7) is 0. The van der Waals surface area contributed by atoms with Gasteiger partial charge in [-0.25, -0.2) is 13.8 Å². The van der Waals surface area contributed by atoms with Gasteiger partial charge in [0.25, 0.3) is 12.1 Å². The quantitative estimate of drug-likeness (QED) is 0.366. The number of hydrogen-bond donors (Lipinski definition) is 0. The second-order valence-electron chi connectivity index (χ2n) is 2.99. The van der Waals surface area contributed by atoms with E-state index < -0.39 is 46.3 Å².